The lowest BCUT2D eigenvalue weighted by Crippen LogP contribution is -2.01. The van der Waals surface area contributed by atoms with Crippen molar-refractivity contribution in [1.82, 2.24) is 9.97 Å². The normalized spacial score (nSPS) is 10.6. The van der Waals surface area contributed by atoms with Crippen LogP contribution in [0.15, 0.2) is 28.0 Å². The van der Waals surface area contributed by atoms with Crippen molar-refractivity contribution in [3.8, 4) is 0 Å². The van der Waals surface area contributed by atoms with Crippen LogP contribution in [-0.2, 0) is 17.0 Å². The molecule has 6 heteroatoms. The minimum Gasteiger partial charge on any atom is -0.481 e. The maximum atomic E-state index is 10.6. The molecule has 0 bridgehead atoms. The lowest BCUT2D eigenvalue weighted by molar-refractivity contribution is -0.136. The Morgan fingerprint density at radius 3 is 3.05 bits per heavy atom. The first-order valence-corrected chi connectivity index (χ1v) is 7.71. The van der Waals surface area contributed by atoms with Gasteiger partial charge in [0.05, 0.1) is 5.69 Å². The maximum absolute atomic E-state index is 10.6. The van der Waals surface area contributed by atoms with Gasteiger partial charge >= 0.3 is 5.97 Å². The molecule has 0 radical (unpaired) electrons. The number of carboxylic acid groups (broad SMARTS) is 1. The van der Waals surface area contributed by atoms with Crippen LogP contribution in [0, 0.1) is 6.92 Å². The van der Waals surface area contributed by atoms with Gasteiger partial charge in [-0.2, -0.15) is 0 Å². The highest BCUT2D eigenvalue weighted by Gasteiger charge is 2.08. The molecule has 0 aliphatic carbocycles. The standard InChI is InChI=1S/C13H14N2O2S2/c1-9-7-18-13(15-9)19-8-11-10(3-2-6-14-11)4-5-12(16)17/h2-3,6-7H,4-5,8H2,1H3,(H,16,17). The van der Waals surface area contributed by atoms with Crippen molar-refractivity contribution in [3.63, 3.8) is 0 Å². The number of pyridine rings is 1. The van der Waals surface area contributed by atoms with E-state index in [4.69, 9.17) is 5.11 Å². The Bertz CT molecular complexity index is 569. The van der Waals surface area contributed by atoms with Crippen LogP contribution in [0.5, 0.6) is 0 Å². The molecule has 2 aromatic rings. The zero-order valence-corrected chi connectivity index (χ0v) is 12.1. The van der Waals surface area contributed by atoms with Gasteiger partial charge in [-0.25, -0.2) is 4.98 Å². The summed E-state index contributed by atoms with van der Waals surface area (Å²) in [5.41, 5.74) is 2.98. The Morgan fingerprint density at radius 2 is 2.37 bits per heavy atom. The highest BCUT2D eigenvalue weighted by Crippen LogP contribution is 2.26. The van der Waals surface area contributed by atoms with Crippen molar-refractivity contribution in [2.45, 2.75) is 29.9 Å². The van der Waals surface area contributed by atoms with E-state index >= 15 is 0 Å². The van der Waals surface area contributed by atoms with E-state index in [0.29, 0.717) is 6.42 Å². The van der Waals surface area contributed by atoms with Gasteiger partial charge in [0.1, 0.15) is 4.34 Å². The first kappa shape index (κ1) is 14.0. The highest BCUT2D eigenvalue weighted by molar-refractivity contribution is 8.00. The van der Waals surface area contributed by atoms with E-state index in [1.165, 1.54) is 0 Å². The number of thioether (sulfide) groups is 1. The minimum atomic E-state index is -0.780. The second-order valence-electron chi connectivity index (χ2n) is 4.05. The average Bonchev–Trinajstić information content (AvgIpc) is 2.80. The van der Waals surface area contributed by atoms with E-state index in [0.717, 1.165) is 27.0 Å². The fourth-order valence-electron chi connectivity index (χ4n) is 1.60. The van der Waals surface area contributed by atoms with Gasteiger partial charge in [-0.05, 0) is 25.0 Å². The molecule has 100 valence electrons. The van der Waals surface area contributed by atoms with Crippen molar-refractivity contribution < 1.29 is 9.90 Å². The van der Waals surface area contributed by atoms with E-state index in [2.05, 4.69) is 9.97 Å². The Morgan fingerprint density at radius 1 is 1.53 bits per heavy atom. The van der Waals surface area contributed by atoms with Gasteiger partial charge in [0, 0.05) is 29.4 Å². The van der Waals surface area contributed by atoms with Crippen molar-refractivity contribution in [2.24, 2.45) is 0 Å². The lowest BCUT2D eigenvalue weighted by Gasteiger charge is -2.06. The first-order valence-electron chi connectivity index (χ1n) is 5.84. The monoisotopic (exact) mass is 294 g/mol. The summed E-state index contributed by atoms with van der Waals surface area (Å²) >= 11 is 3.26. The average molecular weight is 294 g/mol. The molecule has 4 nitrogen and oxygen atoms in total. The Labute approximate surface area is 119 Å². The number of aryl methyl sites for hydroxylation is 2. The summed E-state index contributed by atoms with van der Waals surface area (Å²) in [6.45, 7) is 1.97. The number of hydrogen-bond donors (Lipinski definition) is 1. The van der Waals surface area contributed by atoms with Crippen LogP contribution in [-0.4, -0.2) is 21.0 Å². The Hall–Kier alpha value is -1.40. The van der Waals surface area contributed by atoms with Crippen LogP contribution < -0.4 is 0 Å². The van der Waals surface area contributed by atoms with Crippen molar-refractivity contribution >= 4 is 29.1 Å². The third-order valence-corrected chi connectivity index (χ3v) is 4.67. The smallest absolute Gasteiger partial charge is 0.303 e. The summed E-state index contributed by atoms with van der Waals surface area (Å²) < 4.78 is 1.02. The molecule has 0 spiro atoms. The molecule has 1 N–H and O–H groups in total. The summed E-state index contributed by atoms with van der Waals surface area (Å²) in [5.74, 6) is -0.0547. The summed E-state index contributed by atoms with van der Waals surface area (Å²) in [7, 11) is 0. The molecule has 0 aliphatic rings. The SMILES string of the molecule is Cc1csc(SCc2ncccc2CCC(=O)O)n1. The third kappa shape index (κ3) is 4.33. The molecule has 0 aliphatic heterocycles. The fourth-order valence-corrected chi connectivity index (χ4v) is 3.44. The number of aliphatic carboxylic acids is 1. The van der Waals surface area contributed by atoms with Gasteiger partial charge < -0.3 is 5.11 Å². The zero-order valence-electron chi connectivity index (χ0n) is 10.5. The lowest BCUT2D eigenvalue weighted by atomic mass is 10.1. The molecule has 2 rings (SSSR count). The molecule has 0 unspecified atom stereocenters. The fraction of sp³-hybridized carbons (Fsp3) is 0.308. The number of hydrogen-bond acceptors (Lipinski definition) is 5. The predicted molar refractivity (Wildman–Crippen MR) is 76.6 cm³/mol. The van der Waals surface area contributed by atoms with Crippen LogP contribution in [0.3, 0.4) is 0 Å². The minimum absolute atomic E-state index is 0.139. The van der Waals surface area contributed by atoms with Gasteiger partial charge in [0.25, 0.3) is 0 Å². The quantitative estimate of drug-likeness (QED) is 0.829. The molecule has 0 aromatic carbocycles. The number of carbonyl (C=O) groups is 1. The van der Waals surface area contributed by atoms with Crippen LogP contribution in [0.4, 0.5) is 0 Å². The number of aromatic nitrogens is 2. The molecular weight excluding hydrogens is 280 g/mol. The Kier molecular flexibility index (Phi) is 4.93. The van der Waals surface area contributed by atoms with Gasteiger partial charge in [-0.15, -0.1) is 11.3 Å². The van der Waals surface area contributed by atoms with Crippen LogP contribution in [0.1, 0.15) is 23.4 Å². The summed E-state index contributed by atoms with van der Waals surface area (Å²) in [6.07, 6.45) is 2.41. The van der Waals surface area contributed by atoms with Crippen LogP contribution in [0.25, 0.3) is 0 Å². The molecular formula is C13H14N2O2S2. The molecule has 0 saturated carbocycles. The summed E-state index contributed by atoms with van der Waals surface area (Å²) in [6, 6.07) is 3.79. The Balaban J connectivity index is 2.01. The van der Waals surface area contributed by atoms with Gasteiger partial charge in [-0.1, -0.05) is 17.8 Å². The number of carboxylic acids is 1. The van der Waals surface area contributed by atoms with Crippen molar-refractivity contribution in [3.05, 3.63) is 40.7 Å². The molecule has 2 aromatic heterocycles. The predicted octanol–water partition coefficient (Wildman–Crippen LogP) is 3.16. The number of thiazole rings is 1. The van der Waals surface area contributed by atoms with E-state index in [1.807, 2.05) is 24.4 Å². The second kappa shape index (κ2) is 6.68. The maximum Gasteiger partial charge on any atom is 0.303 e. The second-order valence-corrected chi connectivity index (χ2v) is 6.13. The van der Waals surface area contributed by atoms with E-state index in [9.17, 15) is 4.79 Å². The first-order chi connectivity index (χ1) is 9.15. The van der Waals surface area contributed by atoms with Gasteiger partial charge in [0.2, 0.25) is 0 Å². The van der Waals surface area contributed by atoms with Crippen LogP contribution in [0.2, 0.25) is 0 Å². The highest BCUT2D eigenvalue weighted by atomic mass is 32.2. The zero-order chi connectivity index (χ0) is 13.7. The largest absolute Gasteiger partial charge is 0.481 e. The molecule has 19 heavy (non-hydrogen) atoms. The molecule has 0 fully saturated rings. The van der Waals surface area contributed by atoms with Gasteiger partial charge in [0.15, 0.2) is 0 Å². The van der Waals surface area contributed by atoms with Crippen LogP contribution >= 0.6 is 23.1 Å². The molecule has 0 saturated heterocycles. The van der Waals surface area contributed by atoms with Crippen molar-refractivity contribution in [2.75, 3.05) is 0 Å². The van der Waals surface area contributed by atoms with Gasteiger partial charge in [-0.3, -0.25) is 9.78 Å². The van der Waals surface area contributed by atoms with E-state index in [-0.39, 0.29) is 6.42 Å². The topological polar surface area (TPSA) is 63.1 Å². The molecule has 2 heterocycles. The number of rotatable bonds is 6. The number of nitrogens with zero attached hydrogens (tertiary/aromatic N) is 2. The third-order valence-electron chi connectivity index (χ3n) is 2.52. The molecule has 0 amide bonds. The van der Waals surface area contributed by atoms with E-state index < -0.39 is 5.97 Å². The van der Waals surface area contributed by atoms with Crippen molar-refractivity contribution in [1.29, 1.82) is 0 Å². The van der Waals surface area contributed by atoms with E-state index in [1.54, 1.807) is 29.3 Å². The molecule has 0 atom stereocenters. The summed E-state index contributed by atoms with van der Waals surface area (Å²) in [5, 5.41) is 10.8. The summed E-state index contributed by atoms with van der Waals surface area (Å²) in [4.78, 5) is 19.4.